The van der Waals surface area contributed by atoms with E-state index in [9.17, 15) is 0 Å². The maximum atomic E-state index is 4.14. The van der Waals surface area contributed by atoms with E-state index in [4.69, 9.17) is 0 Å². The van der Waals surface area contributed by atoms with E-state index >= 15 is 0 Å². The van der Waals surface area contributed by atoms with Crippen LogP contribution in [0.4, 0.5) is 0 Å². The summed E-state index contributed by atoms with van der Waals surface area (Å²) in [5, 5.41) is 11.1. The van der Waals surface area contributed by atoms with Crippen molar-refractivity contribution in [2.24, 2.45) is 7.05 Å². The minimum Gasteiger partial charge on any atom is -0.313 e. The summed E-state index contributed by atoms with van der Waals surface area (Å²) >= 11 is 0. The summed E-state index contributed by atoms with van der Waals surface area (Å²) in [7, 11) is 1.95. The minimum atomic E-state index is 0.662. The molecule has 2 N–H and O–H groups in total. The maximum Gasteiger partial charge on any atom is 0.0534 e. The van der Waals surface area contributed by atoms with Gasteiger partial charge in [0.1, 0.15) is 0 Å². The largest absolute Gasteiger partial charge is 0.313 e. The monoisotopic (exact) mass is 208 g/mol. The zero-order valence-corrected chi connectivity index (χ0v) is 9.37. The van der Waals surface area contributed by atoms with Gasteiger partial charge in [-0.3, -0.25) is 4.68 Å². The number of aromatic nitrogens is 2. The van der Waals surface area contributed by atoms with Crippen LogP contribution in [0.1, 0.15) is 24.8 Å². The number of nitrogens with one attached hydrogen (secondary N) is 2. The van der Waals surface area contributed by atoms with Crippen molar-refractivity contribution in [2.75, 3.05) is 13.1 Å². The molecule has 1 aliphatic rings. The highest BCUT2D eigenvalue weighted by atomic mass is 15.2. The van der Waals surface area contributed by atoms with Crippen molar-refractivity contribution in [3.63, 3.8) is 0 Å². The van der Waals surface area contributed by atoms with Crippen LogP contribution in [0.3, 0.4) is 0 Å². The molecule has 1 atom stereocenters. The number of hydrogen-bond acceptors (Lipinski definition) is 3. The molecular weight excluding hydrogens is 188 g/mol. The van der Waals surface area contributed by atoms with Crippen molar-refractivity contribution < 1.29 is 0 Å². The van der Waals surface area contributed by atoms with Crippen molar-refractivity contribution in [3.8, 4) is 0 Å². The Morgan fingerprint density at radius 3 is 3.20 bits per heavy atom. The first-order valence-electron chi connectivity index (χ1n) is 5.76. The first kappa shape index (κ1) is 10.6. The number of hydrogen-bond donors (Lipinski definition) is 2. The van der Waals surface area contributed by atoms with Crippen LogP contribution < -0.4 is 10.6 Å². The molecule has 1 saturated heterocycles. The molecule has 2 rings (SSSR count). The van der Waals surface area contributed by atoms with Crippen LogP contribution in [0, 0.1) is 0 Å². The van der Waals surface area contributed by atoms with Gasteiger partial charge in [0.25, 0.3) is 0 Å². The van der Waals surface area contributed by atoms with Crippen molar-refractivity contribution in [2.45, 2.75) is 31.8 Å². The Morgan fingerprint density at radius 2 is 2.53 bits per heavy atom. The fourth-order valence-electron chi connectivity index (χ4n) is 2.05. The molecule has 4 heteroatoms. The molecular formula is C11H20N4. The van der Waals surface area contributed by atoms with E-state index in [0.717, 1.165) is 13.1 Å². The minimum absolute atomic E-state index is 0.662. The molecule has 1 fully saturated rings. The third kappa shape index (κ3) is 3.32. The van der Waals surface area contributed by atoms with Gasteiger partial charge in [-0.05, 0) is 19.4 Å². The second kappa shape index (κ2) is 5.28. The number of aryl methyl sites for hydroxylation is 1. The highest BCUT2D eigenvalue weighted by molar-refractivity contribution is 5.02. The highest BCUT2D eigenvalue weighted by Gasteiger charge is 2.11. The molecule has 1 unspecified atom stereocenters. The Bertz CT molecular complexity index is 289. The van der Waals surface area contributed by atoms with Crippen LogP contribution in [0.25, 0.3) is 0 Å². The van der Waals surface area contributed by atoms with Crippen LogP contribution in [-0.4, -0.2) is 28.9 Å². The van der Waals surface area contributed by atoms with Crippen molar-refractivity contribution >= 4 is 0 Å². The Hall–Kier alpha value is -0.870. The Kier molecular flexibility index (Phi) is 3.75. The molecule has 0 aromatic carbocycles. The third-order valence-corrected chi connectivity index (χ3v) is 2.89. The summed E-state index contributed by atoms with van der Waals surface area (Å²) in [6.07, 6.45) is 7.98. The fraction of sp³-hybridized carbons (Fsp3) is 0.727. The summed E-state index contributed by atoms with van der Waals surface area (Å²) in [5.41, 5.74) is 1.26. The summed E-state index contributed by atoms with van der Waals surface area (Å²) in [4.78, 5) is 0. The molecule has 0 radical (unpaired) electrons. The van der Waals surface area contributed by atoms with E-state index < -0.39 is 0 Å². The van der Waals surface area contributed by atoms with Gasteiger partial charge in [-0.2, -0.15) is 5.10 Å². The van der Waals surface area contributed by atoms with E-state index in [1.165, 1.54) is 31.4 Å². The summed E-state index contributed by atoms with van der Waals surface area (Å²) in [6.45, 7) is 3.17. The van der Waals surface area contributed by atoms with Crippen LogP contribution in [0.2, 0.25) is 0 Å². The first-order chi connectivity index (χ1) is 7.34. The Labute approximate surface area is 91.1 Å². The van der Waals surface area contributed by atoms with Gasteiger partial charge in [0.2, 0.25) is 0 Å². The standard InChI is InChI=1S/C11H20N4/c1-15-9-10(7-14-15)6-12-8-11-4-2-3-5-13-11/h7,9,11-13H,2-6,8H2,1H3. The third-order valence-electron chi connectivity index (χ3n) is 2.89. The van der Waals surface area contributed by atoms with Gasteiger partial charge in [0.05, 0.1) is 6.20 Å². The molecule has 0 amide bonds. The normalized spacial score (nSPS) is 21.8. The molecule has 0 bridgehead atoms. The van der Waals surface area contributed by atoms with Crippen LogP contribution in [0.15, 0.2) is 12.4 Å². The van der Waals surface area contributed by atoms with E-state index in [2.05, 4.69) is 21.9 Å². The van der Waals surface area contributed by atoms with Gasteiger partial charge in [-0.15, -0.1) is 0 Å². The van der Waals surface area contributed by atoms with Gasteiger partial charge < -0.3 is 10.6 Å². The SMILES string of the molecule is Cn1cc(CNCC2CCCCN2)cn1. The molecule has 4 nitrogen and oxygen atoms in total. The zero-order valence-electron chi connectivity index (χ0n) is 9.37. The van der Waals surface area contributed by atoms with E-state index in [0.29, 0.717) is 6.04 Å². The average molecular weight is 208 g/mol. The van der Waals surface area contributed by atoms with Crippen molar-refractivity contribution in [1.82, 2.24) is 20.4 Å². The first-order valence-corrected chi connectivity index (χ1v) is 5.76. The molecule has 2 heterocycles. The molecule has 0 aliphatic carbocycles. The summed E-state index contributed by atoms with van der Waals surface area (Å²) in [6, 6.07) is 0.662. The topological polar surface area (TPSA) is 41.9 Å². The molecule has 1 aliphatic heterocycles. The van der Waals surface area contributed by atoms with Gasteiger partial charge in [-0.25, -0.2) is 0 Å². The van der Waals surface area contributed by atoms with Crippen molar-refractivity contribution in [3.05, 3.63) is 18.0 Å². The van der Waals surface area contributed by atoms with E-state index in [1.807, 2.05) is 17.9 Å². The second-order valence-electron chi connectivity index (χ2n) is 4.30. The lowest BCUT2D eigenvalue weighted by molar-refractivity contribution is 0.383. The lowest BCUT2D eigenvalue weighted by Crippen LogP contribution is -2.41. The average Bonchev–Trinajstić information content (AvgIpc) is 2.66. The van der Waals surface area contributed by atoms with Crippen LogP contribution in [-0.2, 0) is 13.6 Å². The summed E-state index contributed by atoms with van der Waals surface area (Å²) < 4.78 is 1.84. The predicted octanol–water partition coefficient (Wildman–Crippen LogP) is 0.652. The highest BCUT2D eigenvalue weighted by Crippen LogP contribution is 2.06. The molecule has 0 saturated carbocycles. The van der Waals surface area contributed by atoms with Crippen molar-refractivity contribution in [1.29, 1.82) is 0 Å². The molecule has 15 heavy (non-hydrogen) atoms. The Morgan fingerprint density at radius 1 is 1.60 bits per heavy atom. The van der Waals surface area contributed by atoms with Crippen LogP contribution >= 0.6 is 0 Å². The zero-order chi connectivity index (χ0) is 10.5. The summed E-state index contributed by atoms with van der Waals surface area (Å²) in [5.74, 6) is 0. The second-order valence-corrected chi connectivity index (χ2v) is 4.30. The quantitative estimate of drug-likeness (QED) is 0.763. The molecule has 1 aromatic heterocycles. The van der Waals surface area contributed by atoms with Crippen LogP contribution in [0.5, 0.6) is 0 Å². The van der Waals surface area contributed by atoms with Gasteiger partial charge in [0, 0.05) is 37.9 Å². The lowest BCUT2D eigenvalue weighted by Gasteiger charge is -2.23. The molecule has 1 aromatic rings. The maximum absolute atomic E-state index is 4.14. The van der Waals surface area contributed by atoms with E-state index in [1.54, 1.807) is 0 Å². The van der Waals surface area contributed by atoms with Gasteiger partial charge in [-0.1, -0.05) is 6.42 Å². The lowest BCUT2D eigenvalue weighted by atomic mass is 10.1. The van der Waals surface area contributed by atoms with E-state index in [-0.39, 0.29) is 0 Å². The number of piperidine rings is 1. The number of nitrogens with zero attached hydrogens (tertiary/aromatic N) is 2. The molecule has 84 valence electrons. The van der Waals surface area contributed by atoms with Gasteiger partial charge in [0.15, 0.2) is 0 Å². The van der Waals surface area contributed by atoms with Gasteiger partial charge >= 0.3 is 0 Å². The predicted molar refractivity (Wildman–Crippen MR) is 60.6 cm³/mol. The molecule has 0 spiro atoms. The fourth-order valence-corrected chi connectivity index (χ4v) is 2.05. The Balaban J connectivity index is 1.65. The number of rotatable bonds is 4. The smallest absolute Gasteiger partial charge is 0.0534 e.